The van der Waals surface area contributed by atoms with E-state index < -0.39 is 0 Å². The Balaban J connectivity index is 1.49. The molecule has 3 heterocycles. The summed E-state index contributed by atoms with van der Waals surface area (Å²) >= 11 is 1.65. The van der Waals surface area contributed by atoms with Gasteiger partial charge in [0, 0.05) is 32.4 Å². The summed E-state index contributed by atoms with van der Waals surface area (Å²) in [6.07, 6.45) is 1.65. The van der Waals surface area contributed by atoms with Crippen LogP contribution in [0.25, 0.3) is 10.2 Å². The molecule has 0 aliphatic carbocycles. The third-order valence-electron chi connectivity index (χ3n) is 4.33. The summed E-state index contributed by atoms with van der Waals surface area (Å²) in [6, 6.07) is 10.9. The van der Waals surface area contributed by atoms with Crippen molar-refractivity contribution >= 4 is 33.1 Å². The van der Waals surface area contributed by atoms with Crippen LogP contribution < -0.4 is 9.80 Å². The minimum Gasteiger partial charge on any atom is -0.378 e. The Morgan fingerprint density at radius 2 is 1.92 bits per heavy atom. The molecule has 2 aromatic heterocycles. The van der Waals surface area contributed by atoms with Crippen LogP contribution in [0.4, 0.5) is 11.5 Å². The number of nitrogens with zero attached hydrogens (tertiary/aromatic N) is 4. The molecule has 0 amide bonds. The fourth-order valence-electron chi connectivity index (χ4n) is 3.06. The van der Waals surface area contributed by atoms with Crippen molar-refractivity contribution in [3.05, 3.63) is 47.6 Å². The maximum atomic E-state index is 5.42. The quantitative estimate of drug-likeness (QED) is 0.730. The number of anilines is 2. The Kier molecular flexibility index (Phi) is 4.32. The highest BCUT2D eigenvalue weighted by Crippen LogP contribution is 2.27. The highest BCUT2D eigenvalue weighted by Gasteiger charge is 2.12. The first-order chi connectivity index (χ1) is 11.8. The van der Waals surface area contributed by atoms with Crippen LogP contribution >= 0.6 is 11.3 Å². The smallest absolute Gasteiger partial charge is 0.140 e. The van der Waals surface area contributed by atoms with Gasteiger partial charge in [0.25, 0.3) is 0 Å². The van der Waals surface area contributed by atoms with Gasteiger partial charge in [0.05, 0.1) is 18.6 Å². The van der Waals surface area contributed by atoms with Gasteiger partial charge in [-0.1, -0.05) is 12.1 Å². The Bertz CT molecular complexity index is 811. The van der Waals surface area contributed by atoms with Crippen molar-refractivity contribution in [1.29, 1.82) is 0 Å². The number of ether oxygens (including phenoxy) is 1. The number of fused-ring (bicyclic) bond motifs is 1. The maximum absolute atomic E-state index is 5.42. The molecule has 0 radical (unpaired) electrons. The van der Waals surface area contributed by atoms with Crippen LogP contribution in [0.5, 0.6) is 0 Å². The van der Waals surface area contributed by atoms with Gasteiger partial charge in [-0.05, 0) is 29.1 Å². The summed E-state index contributed by atoms with van der Waals surface area (Å²) in [5, 5.41) is 3.18. The second-order valence-corrected chi connectivity index (χ2v) is 6.85. The molecule has 0 spiro atoms. The topological polar surface area (TPSA) is 41.5 Å². The zero-order valence-corrected chi connectivity index (χ0v) is 14.5. The average molecular weight is 340 g/mol. The standard InChI is InChI=1S/C18H20N4OS/c1-21(17-16-6-11-24-18(16)20-13-19-17)12-14-2-4-15(5-3-14)22-7-9-23-10-8-22/h2-6,11,13H,7-10,12H2,1H3. The lowest BCUT2D eigenvalue weighted by Crippen LogP contribution is -2.36. The molecule has 6 heteroatoms. The Morgan fingerprint density at radius 1 is 1.12 bits per heavy atom. The third kappa shape index (κ3) is 3.07. The molecule has 0 bridgehead atoms. The minimum atomic E-state index is 0.814. The minimum absolute atomic E-state index is 0.814. The molecule has 1 aliphatic rings. The molecule has 24 heavy (non-hydrogen) atoms. The van der Waals surface area contributed by atoms with Crippen molar-refractivity contribution in [3.8, 4) is 0 Å². The van der Waals surface area contributed by atoms with Crippen LogP contribution in [0.3, 0.4) is 0 Å². The lowest BCUT2D eigenvalue weighted by molar-refractivity contribution is 0.122. The van der Waals surface area contributed by atoms with Gasteiger partial charge in [-0.25, -0.2) is 9.97 Å². The SMILES string of the molecule is CN(Cc1ccc(N2CCOCC2)cc1)c1ncnc2sccc12. The van der Waals surface area contributed by atoms with E-state index in [1.807, 2.05) is 0 Å². The Labute approximate surface area is 145 Å². The Hall–Kier alpha value is -2.18. The van der Waals surface area contributed by atoms with Crippen LogP contribution in [-0.2, 0) is 11.3 Å². The molecule has 0 unspecified atom stereocenters. The van der Waals surface area contributed by atoms with Crippen LogP contribution in [0.1, 0.15) is 5.56 Å². The predicted molar refractivity (Wildman–Crippen MR) is 99.0 cm³/mol. The molecule has 0 N–H and O–H groups in total. The molecule has 4 rings (SSSR count). The zero-order valence-electron chi connectivity index (χ0n) is 13.7. The monoisotopic (exact) mass is 340 g/mol. The number of hydrogen-bond donors (Lipinski definition) is 0. The van der Waals surface area contributed by atoms with E-state index in [0.717, 1.165) is 48.9 Å². The molecule has 124 valence electrons. The molecular weight excluding hydrogens is 320 g/mol. The lowest BCUT2D eigenvalue weighted by Gasteiger charge is -2.29. The van der Waals surface area contributed by atoms with Gasteiger partial charge in [-0.2, -0.15) is 0 Å². The molecule has 1 aromatic carbocycles. The van der Waals surface area contributed by atoms with Crippen molar-refractivity contribution in [2.24, 2.45) is 0 Å². The number of benzene rings is 1. The second kappa shape index (κ2) is 6.75. The summed E-state index contributed by atoms with van der Waals surface area (Å²) in [5.41, 5.74) is 2.54. The first kappa shape index (κ1) is 15.4. The maximum Gasteiger partial charge on any atom is 0.140 e. The van der Waals surface area contributed by atoms with Gasteiger partial charge in [-0.15, -0.1) is 11.3 Å². The van der Waals surface area contributed by atoms with Crippen molar-refractivity contribution < 1.29 is 4.74 Å². The molecular formula is C18H20N4OS. The number of aromatic nitrogens is 2. The van der Waals surface area contributed by atoms with Crippen molar-refractivity contribution in [3.63, 3.8) is 0 Å². The van der Waals surface area contributed by atoms with E-state index in [1.54, 1.807) is 17.7 Å². The van der Waals surface area contributed by atoms with Gasteiger partial charge in [-0.3, -0.25) is 0 Å². The van der Waals surface area contributed by atoms with Gasteiger partial charge < -0.3 is 14.5 Å². The third-order valence-corrected chi connectivity index (χ3v) is 5.16. The van der Waals surface area contributed by atoms with Crippen LogP contribution in [0.15, 0.2) is 42.0 Å². The van der Waals surface area contributed by atoms with E-state index in [0.29, 0.717) is 0 Å². The first-order valence-corrected chi connectivity index (χ1v) is 9.00. The van der Waals surface area contributed by atoms with Gasteiger partial charge >= 0.3 is 0 Å². The molecule has 0 saturated carbocycles. The number of thiophene rings is 1. The summed E-state index contributed by atoms with van der Waals surface area (Å²) in [4.78, 5) is 14.4. The van der Waals surface area contributed by atoms with Gasteiger partial charge in [0.15, 0.2) is 0 Å². The van der Waals surface area contributed by atoms with E-state index in [-0.39, 0.29) is 0 Å². The van der Waals surface area contributed by atoms with Crippen molar-refractivity contribution in [1.82, 2.24) is 9.97 Å². The lowest BCUT2D eigenvalue weighted by atomic mass is 10.1. The molecule has 1 fully saturated rings. The van der Waals surface area contributed by atoms with Crippen LogP contribution in [-0.4, -0.2) is 43.3 Å². The fraction of sp³-hybridized carbons (Fsp3) is 0.333. The summed E-state index contributed by atoms with van der Waals surface area (Å²) in [6.45, 7) is 4.39. The summed E-state index contributed by atoms with van der Waals surface area (Å²) < 4.78 is 5.42. The Morgan fingerprint density at radius 3 is 2.71 bits per heavy atom. The summed E-state index contributed by atoms with van der Waals surface area (Å²) in [7, 11) is 2.08. The molecule has 5 nitrogen and oxygen atoms in total. The summed E-state index contributed by atoms with van der Waals surface area (Å²) in [5.74, 6) is 0.985. The van der Waals surface area contributed by atoms with E-state index in [9.17, 15) is 0 Å². The van der Waals surface area contributed by atoms with E-state index in [2.05, 4.69) is 62.5 Å². The van der Waals surface area contributed by atoms with Crippen LogP contribution in [0.2, 0.25) is 0 Å². The predicted octanol–water partition coefficient (Wildman–Crippen LogP) is 3.16. The molecule has 3 aromatic rings. The van der Waals surface area contributed by atoms with Crippen LogP contribution in [0, 0.1) is 0 Å². The van der Waals surface area contributed by atoms with Gasteiger partial charge in [0.1, 0.15) is 17.0 Å². The van der Waals surface area contributed by atoms with E-state index in [1.165, 1.54) is 11.3 Å². The number of rotatable bonds is 4. The first-order valence-electron chi connectivity index (χ1n) is 8.12. The fourth-order valence-corrected chi connectivity index (χ4v) is 3.79. The highest BCUT2D eigenvalue weighted by molar-refractivity contribution is 7.16. The van der Waals surface area contributed by atoms with Crippen molar-refractivity contribution in [2.45, 2.75) is 6.54 Å². The van der Waals surface area contributed by atoms with E-state index in [4.69, 9.17) is 4.74 Å². The zero-order chi connectivity index (χ0) is 16.4. The number of hydrogen-bond acceptors (Lipinski definition) is 6. The van der Waals surface area contributed by atoms with Gasteiger partial charge in [0.2, 0.25) is 0 Å². The molecule has 1 saturated heterocycles. The largest absolute Gasteiger partial charge is 0.378 e. The van der Waals surface area contributed by atoms with E-state index >= 15 is 0 Å². The second-order valence-electron chi connectivity index (χ2n) is 5.96. The molecule has 1 aliphatic heterocycles. The van der Waals surface area contributed by atoms with Crippen molar-refractivity contribution in [2.75, 3.05) is 43.2 Å². The average Bonchev–Trinajstić information content (AvgIpc) is 3.12. The normalized spacial score (nSPS) is 15.0. The highest BCUT2D eigenvalue weighted by atomic mass is 32.1. The number of morpholine rings is 1. The molecule has 0 atom stereocenters.